The van der Waals surface area contributed by atoms with Gasteiger partial charge in [-0.3, -0.25) is 0 Å². The third-order valence-electron chi connectivity index (χ3n) is 2.79. The smallest absolute Gasteiger partial charge is 0.142 e. The lowest BCUT2D eigenvalue weighted by atomic mass is 10.2. The molecule has 0 aromatic heterocycles. The average Bonchev–Trinajstić information content (AvgIpc) is 2.46. The predicted octanol–water partition coefficient (Wildman–Crippen LogP) is 3.91. The summed E-state index contributed by atoms with van der Waals surface area (Å²) in [4.78, 5) is 0. The van der Waals surface area contributed by atoms with Crippen LogP contribution in [0.4, 0.5) is 5.69 Å². The first-order valence-electron chi connectivity index (χ1n) is 6.55. The summed E-state index contributed by atoms with van der Waals surface area (Å²) in [5.41, 5.74) is 7.56. The lowest BCUT2D eigenvalue weighted by Gasteiger charge is -2.09. The molecule has 0 bridgehead atoms. The minimum absolute atomic E-state index is 0.588. The Morgan fingerprint density at radius 2 is 1.70 bits per heavy atom. The van der Waals surface area contributed by atoms with Crippen molar-refractivity contribution in [3.63, 3.8) is 0 Å². The number of ether oxygens (including phenoxy) is 2. The Hall–Kier alpha value is -1.71. The summed E-state index contributed by atoms with van der Waals surface area (Å²) in [7, 11) is 0. The molecule has 2 N–H and O–H groups in total. The summed E-state index contributed by atoms with van der Waals surface area (Å²) in [6.07, 6.45) is 0.821. The van der Waals surface area contributed by atoms with Crippen molar-refractivity contribution in [2.45, 2.75) is 13.0 Å². The summed E-state index contributed by atoms with van der Waals surface area (Å²) in [5.74, 6) is 0.727. The maximum absolute atomic E-state index is 5.82. The Balaban J connectivity index is 1.60. The first-order valence-corrected chi connectivity index (χ1v) is 6.93. The fourth-order valence-corrected chi connectivity index (χ4v) is 1.85. The van der Waals surface area contributed by atoms with E-state index >= 15 is 0 Å². The maximum Gasteiger partial charge on any atom is 0.142 e. The standard InChI is InChI=1S/C16H18ClNO2/c17-14-8-6-13(7-9-14)12-19-10-3-11-20-16-5-2-1-4-15(16)18/h1-2,4-9H,3,10-12,18H2. The van der Waals surface area contributed by atoms with Gasteiger partial charge in [-0.15, -0.1) is 0 Å². The van der Waals surface area contributed by atoms with E-state index in [9.17, 15) is 0 Å². The summed E-state index contributed by atoms with van der Waals surface area (Å²) in [5, 5.41) is 0.739. The van der Waals surface area contributed by atoms with Crippen LogP contribution in [0.5, 0.6) is 5.75 Å². The van der Waals surface area contributed by atoms with Crippen LogP contribution < -0.4 is 10.5 Å². The molecule has 0 atom stereocenters. The zero-order valence-corrected chi connectivity index (χ0v) is 12.0. The van der Waals surface area contributed by atoms with Gasteiger partial charge in [0.1, 0.15) is 5.75 Å². The second-order valence-corrected chi connectivity index (χ2v) is 4.86. The van der Waals surface area contributed by atoms with E-state index in [2.05, 4.69) is 0 Å². The quantitative estimate of drug-likeness (QED) is 0.621. The van der Waals surface area contributed by atoms with E-state index in [4.69, 9.17) is 26.8 Å². The van der Waals surface area contributed by atoms with Gasteiger partial charge in [-0.2, -0.15) is 0 Å². The van der Waals surface area contributed by atoms with E-state index in [1.165, 1.54) is 0 Å². The van der Waals surface area contributed by atoms with Crippen LogP contribution in [0.3, 0.4) is 0 Å². The molecule has 0 saturated heterocycles. The molecule has 0 unspecified atom stereocenters. The van der Waals surface area contributed by atoms with Crippen LogP contribution in [0.2, 0.25) is 5.02 Å². The fourth-order valence-electron chi connectivity index (χ4n) is 1.73. The largest absolute Gasteiger partial charge is 0.491 e. The van der Waals surface area contributed by atoms with E-state index in [-0.39, 0.29) is 0 Å². The van der Waals surface area contributed by atoms with Gasteiger partial charge in [0.2, 0.25) is 0 Å². The van der Waals surface area contributed by atoms with Gasteiger partial charge in [0, 0.05) is 11.4 Å². The van der Waals surface area contributed by atoms with Gasteiger partial charge in [-0.1, -0.05) is 35.9 Å². The second-order valence-electron chi connectivity index (χ2n) is 4.42. The lowest BCUT2D eigenvalue weighted by Crippen LogP contribution is -2.04. The highest BCUT2D eigenvalue weighted by Gasteiger charge is 1.98. The van der Waals surface area contributed by atoms with E-state index < -0.39 is 0 Å². The van der Waals surface area contributed by atoms with Gasteiger partial charge in [0.25, 0.3) is 0 Å². The lowest BCUT2D eigenvalue weighted by molar-refractivity contribution is 0.107. The molecule has 0 amide bonds. The van der Waals surface area contributed by atoms with Crippen LogP contribution in [-0.4, -0.2) is 13.2 Å². The summed E-state index contributed by atoms with van der Waals surface area (Å²) >= 11 is 5.82. The molecular weight excluding hydrogens is 274 g/mol. The van der Waals surface area contributed by atoms with Gasteiger partial charge in [0.15, 0.2) is 0 Å². The van der Waals surface area contributed by atoms with Crippen LogP contribution >= 0.6 is 11.6 Å². The Bertz CT molecular complexity index is 528. The van der Waals surface area contributed by atoms with Crippen molar-refractivity contribution in [3.8, 4) is 5.75 Å². The van der Waals surface area contributed by atoms with Gasteiger partial charge in [0.05, 0.1) is 25.5 Å². The number of halogens is 1. The van der Waals surface area contributed by atoms with Crippen LogP contribution in [-0.2, 0) is 11.3 Å². The monoisotopic (exact) mass is 291 g/mol. The van der Waals surface area contributed by atoms with Crippen LogP contribution in [0, 0.1) is 0 Å². The molecule has 0 saturated carbocycles. The highest BCUT2D eigenvalue weighted by Crippen LogP contribution is 2.19. The number of nitrogen functional groups attached to an aromatic ring is 1. The van der Waals surface area contributed by atoms with Crippen molar-refractivity contribution in [3.05, 3.63) is 59.1 Å². The fraction of sp³-hybridized carbons (Fsp3) is 0.250. The molecule has 0 fully saturated rings. The zero-order chi connectivity index (χ0) is 14.2. The number of nitrogens with two attached hydrogens (primary N) is 1. The van der Waals surface area contributed by atoms with Crippen LogP contribution in [0.25, 0.3) is 0 Å². The molecule has 0 aliphatic rings. The van der Waals surface area contributed by atoms with E-state index in [1.807, 2.05) is 48.5 Å². The highest BCUT2D eigenvalue weighted by molar-refractivity contribution is 6.30. The number of hydrogen-bond acceptors (Lipinski definition) is 3. The van der Waals surface area contributed by atoms with Crippen LogP contribution in [0.15, 0.2) is 48.5 Å². The molecule has 0 radical (unpaired) electrons. The summed E-state index contributed by atoms with van der Waals surface area (Å²) in [6.45, 7) is 1.83. The maximum atomic E-state index is 5.82. The van der Waals surface area contributed by atoms with Crippen molar-refractivity contribution in [2.24, 2.45) is 0 Å². The average molecular weight is 292 g/mol. The molecule has 2 aromatic carbocycles. The Morgan fingerprint density at radius 1 is 0.950 bits per heavy atom. The SMILES string of the molecule is Nc1ccccc1OCCCOCc1ccc(Cl)cc1. The molecule has 106 valence electrons. The van der Waals surface area contributed by atoms with Gasteiger partial charge < -0.3 is 15.2 Å². The van der Waals surface area contributed by atoms with E-state index in [0.717, 1.165) is 22.8 Å². The van der Waals surface area contributed by atoms with Gasteiger partial charge >= 0.3 is 0 Å². The highest BCUT2D eigenvalue weighted by atomic mass is 35.5. The molecule has 2 rings (SSSR count). The molecule has 0 aliphatic carbocycles. The minimum Gasteiger partial charge on any atom is -0.491 e. The topological polar surface area (TPSA) is 44.5 Å². The Kier molecular flexibility index (Phi) is 5.71. The first kappa shape index (κ1) is 14.7. The van der Waals surface area contributed by atoms with Gasteiger partial charge in [-0.05, 0) is 29.8 Å². The number of anilines is 1. The molecule has 4 heteroatoms. The van der Waals surface area contributed by atoms with Crippen LogP contribution in [0.1, 0.15) is 12.0 Å². The van der Waals surface area contributed by atoms with E-state index in [0.29, 0.717) is 25.5 Å². The Morgan fingerprint density at radius 3 is 2.45 bits per heavy atom. The summed E-state index contributed by atoms with van der Waals surface area (Å²) in [6, 6.07) is 15.1. The Labute approximate surface area is 124 Å². The third-order valence-corrected chi connectivity index (χ3v) is 3.04. The molecule has 0 spiro atoms. The van der Waals surface area contributed by atoms with Crippen molar-refractivity contribution >= 4 is 17.3 Å². The first-order chi connectivity index (χ1) is 9.75. The molecule has 0 aliphatic heterocycles. The summed E-state index contributed by atoms with van der Waals surface area (Å²) < 4.78 is 11.2. The second kappa shape index (κ2) is 7.78. The van der Waals surface area contributed by atoms with Gasteiger partial charge in [-0.25, -0.2) is 0 Å². The number of hydrogen-bond donors (Lipinski definition) is 1. The third kappa shape index (κ3) is 4.76. The molecule has 0 heterocycles. The molecule has 20 heavy (non-hydrogen) atoms. The van der Waals surface area contributed by atoms with E-state index in [1.54, 1.807) is 0 Å². The normalized spacial score (nSPS) is 10.4. The van der Waals surface area contributed by atoms with Crippen molar-refractivity contribution in [2.75, 3.05) is 18.9 Å². The number of rotatable bonds is 7. The number of benzene rings is 2. The minimum atomic E-state index is 0.588. The molecular formula is C16H18ClNO2. The van der Waals surface area contributed by atoms with Crippen molar-refractivity contribution in [1.29, 1.82) is 0 Å². The molecule has 2 aromatic rings. The zero-order valence-electron chi connectivity index (χ0n) is 11.2. The predicted molar refractivity (Wildman–Crippen MR) is 82.1 cm³/mol. The molecule has 3 nitrogen and oxygen atoms in total. The number of para-hydroxylation sites is 2. The van der Waals surface area contributed by atoms with Crippen molar-refractivity contribution in [1.82, 2.24) is 0 Å². The van der Waals surface area contributed by atoms with Crippen molar-refractivity contribution < 1.29 is 9.47 Å².